The summed E-state index contributed by atoms with van der Waals surface area (Å²) in [6, 6.07) is 6.36. The van der Waals surface area contributed by atoms with E-state index in [1.807, 2.05) is 0 Å². The lowest BCUT2D eigenvalue weighted by Crippen LogP contribution is -2.40. The van der Waals surface area contributed by atoms with Crippen LogP contribution in [0.4, 0.5) is 0 Å². The van der Waals surface area contributed by atoms with Crippen LogP contribution in [0.5, 0.6) is 5.75 Å². The number of guanidine groups is 1. The standard InChI is InChI=1S/C19H34N4O.HI/c1-7-20-18(22-12-13-23-19(3,4)5)21-11-10-16-9-8-15(2)17(14-16)24-6;/h8-9,14,23H,7,10-13H2,1-6H3,(H2,20,21,22);1H. The Morgan fingerprint density at radius 3 is 2.48 bits per heavy atom. The third-order valence-corrected chi connectivity index (χ3v) is 3.56. The zero-order valence-corrected chi connectivity index (χ0v) is 18.9. The van der Waals surface area contributed by atoms with E-state index in [9.17, 15) is 0 Å². The molecule has 0 atom stereocenters. The van der Waals surface area contributed by atoms with Crippen molar-refractivity contribution < 1.29 is 4.74 Å². The summed E-state index contributed by atoms with van der Waals surface area (Å²) >= 11 is 0. The first-order valence-electron chi connectivity index (χ1n) is 8.76. The Kier molecular flexibility index (Phi) is 11.8. The van der Waals surface area contributed by atoms with Gasteiger partial charge in [0.1, 0.15) is 5.75 Å². The normalized spacial score (nSPS) is 11.7. The molecule has 0 spiro atoms. The zero-order chi connectivity index (χ0) is 18.0. The van der Waals surface area contributed by atoms with Crippen LogP contribution in [0.2, 0.25) is 0 Å². The lowest BCUT2D eigenvalue weighted by Gasteiger charge is -2.20. The van der Waals surface area contributed by atoms with E-state index < -0.39 is 0 Å². The molecule has 0 heterocycles. The van der Waals surface area contributed by atoms with E-state index in [-0.39, 0.29) is 29.5 Å². The van der Waals surface area contributed by atoms with Gasteiger partial charge in [-0.2, -0.15) is 0 Å². The highest BCUT2D eigenvalue weighted by Gasteiger charge is 2.07. The van der Waals surface area contributed by atoms with Crippen molar-refractivity contribution in [2.24, 2.45) is 4.99 Å². The fraction of sp³-hybridized carbons (Fsp3) is 0.632. The Morgan fingerprint density at radius 1 is 1.16 bits per heavy atom. The molecule has 0 aromatic heterocycles. The number of aryl methyl sites for hydroxylation is 1. The van der Waals surface area contributed by atoms with Gasteiger partial charge in [-0.1, -0.05) is 12.1 Å². The summed E-state index contributed by atoms with van der Waals surface area (Å²) in [6.45, 7) is 13.9. The molecule has 6 heteroatoms. The Balaban J connectivity index is 0.00000576. The minimum atomic E-state index is 0. The molecule has 3 N–H and O–H groups in total. The second-order valence-electron chi connectivity index (χ2n) is 6.92. The number of nitrogens with zero attached hydrogens (tertiary/aromatic N) is 1. The number of methoxy groups -OCH3 is 1. The molecule has 1 aromatic rings. The van der Waals surface area contributed by atoms with Crippen molar-refractivity contribution >= 4 is 29.9 Å². The first-order chi connectivity index (χ1) is 11.4. The number of hydrogen-bond acceptors (Lipinski definition) is 3. The first-order valence-corrected chi connectivity index (χ1v) is 8.76. The topological polar surface area (TPSA) is 57.7 Å². The van der Waals surface area contributed by atoms with Gasteiger partial charge in [0.05, 0.1) is 13.7 Å². The van der Waals surface area contributed by atoms with Crippen LogP contribution in [-0.2, 0) is 6.42 Å². The maximum Gasteiger partial charge on any atom is 0.191 e. The van der Waals surface area contributed by atoms with E-state index in [4.69, 9.17) is 4.74 Å². The lowest BCUT2D eigenvalue weighted by molar-refractivity contribution is 0.411. The van der Waals surface area contributed by atoms with Crippen LogP contribution in [0.25, 0.3) is 0 Å². The van der Waals surface area contributed by atoms with Crippen LogP contribution >= 0.6 is 24.0 Å². The lowest BCUT2D eigenvalue weighted by atomic mass is 10.1. The predicted octanol–water partition coefficient (Wildman–Crippen LogP) is 3.11. The SMILES string of the molecule is CCNC(=NCCNC(C)(C)C)NCCc1ccc(C)c(OC)c1.I. The van der Waals surface area contributed by atoms with Crippen molar-refractivity contribution in [1.29, 1.82) is 0 Å². The van der Waals surface area contributed by atoms with Gasteiger partial charge in [-0.15, -0.1) is 24.0 Å². The van der Waals surface area contributed by atoms with Crippen LogP contribution in [0, 0.1) is 6.92 Å². The summed E-state index contributed by atoms with van der Waals surface area (Å²) < 4.78 is 5.38. The van der Waals surface area contributed by atoms with E-state index in [0.29, 0.717) is 0 Å². The monoisotopic (exact) mass is 462 g/mol. The minimum absolute atomic E-state index is 0. The largest absolute Gasteiger partial charge is 0.496 e. The Labute approximate surface area is 170 Å². The average Bonchev–Trinajstić information content (AvgIpc) is 2.52. The van der Waals surface area contributed by atoms with Crippen LogP contribution in [-0.4, -0.2) is 44.8 Å². The maximum absolute atomic E-state index is 5.38. The number of halogens is 1. The van der Waals surface area contributed by atoms with Gasteiger partial charge in [0, 0.05) is 25.2 Å². The van der Waals surface area contributed by atoms with Crippen molar-refractivity contribution in [3.05, 3.63) is 29.3 Å². The summed E-state index contributed by atoms with van der Waals surface area (Å²) in [7, 11) is 1.71. The van der Waals surface area contributed by atoms with E-state index in [0.717, 1.165) is 49.9 Å². The molecule has 0 saturated heterocycles. The number of nitrogens with one attached hydrogen (secondary N) is 3. The molecule has 0 saturated carbocycles. The van der Waals surface area contributed by atoms with Crippen molar-refractivity contribution in [2.75, 3.05) is 33.3 Å². The molecule has 0 radical (unpaired) electrons. The third kappa shape index (κ3) is 10.5. The number of benzene rings is 1. The molecule has 25 heavy (non-hydrogen) atoms. The van der Waals surface area contributed by atoms with Crippen LogP contribution in [0.15, 0.2) is 23.2 Å². The Bertz CT molecular complexity index is 527. The molecule has 0 fully saturated rings. The summed E-state index contributed by atoms with van der Waals surface area (Å²) in [4.78, 5) is 4.60. The highest BCUT2D eigenvalue weighted by Crippen LogP contribution is 2.18. The third-order valence-electron chi connectivity index (χ3n) is 3.56. The van der Waals surface area contributed by atoms with Gasteiger partial charge < -0.3 is 20.7 Å². The summed E-state index contributed by atoms with van der Waals surface area (Å²) in [5.74, 6) is 1.81. The minimum Gasteiger partial charge on any atom is -0.496 e. The number of hydrogen-bond donors (Lipinski definition) is 3. The maximum atomic E-state index is 5.38. The second-order valence-corrected chi connectivity index (χ2v) is 6.92. The van der Waals surface area contributed by atoms with E-state index >= 15 is 0 Å². The highest BCUT2D eigenvalue weighted by atomic mass is 127. The molecule has 144 valence electrons. The summed E-state index contributed by atoms with van der Waals surface area (Å²) in [6.07, 6.45) is 0.932. The summed E-state index contributed by atoms with van der Waals surface area (Å²) in [5, 5.41) is 10.1. The van der Waals surface area contributed by atoms with Crippen LogP contribution in [0.3, 0.4) is 0 Å². The molecular weight excluding hydrogens is 427 g/mol. The van der Waals surface area contributed by atoms with Crippen molar-refractivity contribution in [3.63, 3.8) is 0 Å². The molecule has 1 aromatic carbocycles. The molecule has 0 aliphatic heterocycles. The fourth-order valence-electron chi connectivity index (χ4n) is 2.29. The van der Waals surface area contributed by atoms with E-state index in [1.54, 1.807) is 7.11 Å². The molecule has 0 unspecified atom stereocenters. The van der Waals surface area contributed by atoms with E-state index in [2.05, 4.69) is 73.8 Å². The van der Waals surface area contributed by atoms with Gasteiger partial charge in [0.2, 0.25) is 0 Å². The predicted molar refractivity (Wildman–Crippen MR) is 119 cm³/mol. The van der Waals surface area contributed by atoms with Crippen molar-refractivity contribution in [1.82, 2.24) is 16.0 Å². The fourth-order valence-corrected chi connectivity index (χ4v) is 2.29. The zero-order valence-electron chi connectivity index (χ0n) is 16.5. The molecule has 0 amide bonds. The molecule has 0 aliphatic carbocycles. The van der Waals surface area contributed by atoms with Gasteiger partial charge >= 0.3 is 0 Å². The van der Waals surface area contributed by atoms with Gasteiger partial charge in [-0.25, -0.2) is 0 Å². The smallest absolute Gasteiger partial charge is 0.191 e. The van der Waals surface area contributed by atoms with Crippen LogP contribution < -0.4 is 20.7 Å². The highest BCUT2D eigenvalue weighted by molar-refractivity contribution is 14.0. The van der Waals surface area contributed by atoms with Crippen molar-refractivity contribution in [2.45, 2.75) is 46.6 Å². The van der Waals surface area contributed by atoms with Gasteiger partial charge in [-0.3, -0.25) is 4.99 Å². The number of aliphatic imine (C=N–C) groups is 1. The molecule has 0 bridgehead atoms. The van der Waals surface area contributed by atoms with Crippen molar-refractivity contribution in [3.8, 4) is 5.75 Å². The second kappa shape index (κ2) is 12.4. The molecular formula is C19H35IN4O. The Hall–Kier alpha value is -1.02. The van der Waals surface area contributed by atoms with E-state index in [1.165, 1.54) is 5.56 Å². The first kappa shape index (κ1) is 24.0. The van der Waals surface area contributed by atoms with Gasteiger partial charge in [0.15, 0.2) is 5.96 Å². The van der Waals surface area contributed by atoms with Gasteiger partial charge in [0.25, 0.3) is 0 Å². The summed E-state index contributed by atoms with van der Waals surface area (Å²) in [5.41, 5.74) is 2.55. The molecule has 0 aliphatic rings. The molecule has 1 rings (SSSR count). The van der Waals surface area contributed by atoms with Gasteiger partial charge in [-0.05, 0) is 58.2 Å². The van der Waals surface area contributed by atoms with Crippen LogP contribution in [0.1, 0.15) is 38.8 Å². The average molecular weight is 462 g/mol. The number of ether oxygens (including phenoxy) is 1. The number of rotatable bonds is 8. The Morgan fingerprint density at radius 2 is 1.88 bits per heavy atom. The molecule has 5 nitrogen and oxygen atoms in total. The quantitative estimate of drug-likeness (QED) is 0.241.